The highest BCUT2D eigenvalue weighted by atomic mass is 16.5. The predicted molar refractivity (Wildman–Crippen MR) is 185 cm³/mol. The van der Waals surface area contributed by atoms with Crippen LogP contribution in [-0.2, 0) is 9.53 Å². The summed E-state index contributed by atoms with van der Waals surface area (Å²) in [7, 11) is 0. The number of phenols is 1. The number of phenolic OH excluding ortho intramolecular Hbond substituents is 1. The van der Waals surface area contributed by atoms with Gasteiger partial charge in [-0.15, -0.1) is 10.2 Å². The lowest BCUT2D eigenvalue weighted by atomic mass is 9.56. The summed E-state index contributed by atoms with van der Waals surface area (Å²) in [5.74, 6) is 1.88. The fourth-order valence-electron chi connectivity index (χ4n) is 8.99. The highest BCUT2D eigenvalue weighted by Gasteiger charge is 2.50. The molecule has 254 valence electrons. The number of hydrogen-bond acceptors (Lipinski definition) is 12. The molecular formula is C36H47N9O3. The van der Waals surface area contributed by atoms with Crippen molar-refractivity contribution in [3.05, 3.63) is 42.7 Å². The third-order valence-electron chi connectivity index (χ3n) is 11.7. The minimum atomic E-state index is 0.0110. The number of carbonyl (C=O) groups excluding carboxylic acids is 1. The summed E-state index contributed by atoms with van der Waals surface area (Å²) in [5.41, 5.74) is 3.90. The van der Waals surface area contributed by atoms with Gasteiger partial charge in [0.05, 0.1) is 48.0 Å². The number of rotatable bonds is 6. The van der Waals surface area contributed by atoms with Gasteiger partial charge in [0.2, 0.25) is 5.95 Å². The third kappa shape index (κ3) is 5.77. The molecule has 0 unspecified atom stereocenters. The van der Waals surface area contributed by atoms with Crippen LogP contribution in [0, 0.1) is 11.3 Å². The van der Waals surface area contributed by atoms with Gasteiger partial charge in [0.1, 0.15) is 5.75 Å². The highest BCUT2D eigenvalue weighted by Crippen LogP contribution is 2.55. The molecule has 0 amide bonds. The van der Waals surface area contributed by atoms with Crippen LogP contribution in [0.1, 0.15) is 52.4 Å². The van der Waals surface area contributed by atoms with Crippen LogP contribution in [0.3, 0.4) is 0 Å². The Morgan fingerprint density at radius 3 is 2.52 bits per heavy atom. The van der Waals surface area contributed by atoms with Gasteiger partial charge in [0.25, 0.3) is 0 Å². The van der Waals surface area contributed by atoms with Crippen molar-refractivity contribution in [2.45, 2.75) is 70.5 Å². The summed E-state index contributed by atoms with van der Waals surface area (Å²) in [6, 6.07) is 10.6. The summed E-state index contributed by atoms with van der Waals surface area (Å²) in [6.07, 6.45) is 10.8. The number of fused-ring (bicyclic) bond motifs is 3. The number of aromatic hydroxyl groups is 1. The van der Waals surface area contributed by atoms with Crippen LogP contribution in [0.25, 0.3) is 11.3 Å². The molecule has 0 radical (unpaired) electrons. The van der Waals surface area contributed by atoms with E-state index in [1.165, 1.54) is 25.7 Å². The Labute approximate surface area is 282 Å². The van der Waals surface area contributed by atoms with Crippen molar-refractivity contribution in [2.75, 3.05) is 72.4 Å². The van der Waals surface area contributed by atoms with Gasteiger partial charge in [-0.2, -0.15) is 0 Å². The molecule has 1 spiro atoms. The number of carbonyl (C=O) groups is 1. The zero-order chi connectivity index (χ0) is 32.8. The van der Waals surface area contributed by atoms with Crippen molar-refractivity contribution < 1.29 is 14.6 Å². The molecule has 2 aliphatic carbocycles. The largest absolute Gasteiger partial charge is 0.507 e. The topological polar surface area (TPSA) is 123 Å². The molecule has 5 heterocycles. The second-order valence-electron chi connectivity index (χ2n) is 14.5. The van der Waals surface area contributed by atoms with Crippen molar-refractivity contribution in [3.8, 4) is 17.0 Å². The molecule has 2 aromatic heterocycles. The molecule has 2 N–H and O–H groups in total. The van der Waals surface area contributed by atoms with Crippen molar-refractivity contribution >= 4 is 29.1 Å². The van der Waals surface area contributed by atoms with E-state index in [0.29, 0.717) is 35.4 Å². The average molecular weight is 654 g/mol. The van der Waals surface area contributed by atoms with E-state index >= 15 is 0 Å². The van der Waals surface area contributed by atoms with Gasteiger partial charge in [-0.1, -0.05) is 12.1 Å². The number of aromatic nitrogens is 4. The molecule has 48 heavy (non-hydrogen) atoms. The maximum absolute atomic E-state index is 12.2. The standard InChI is InChI=1S/C36H47N9O3/c1-3-48-34(47)25-8-10-36(11-9-25)17-26(18-36)44-14-12-42(22-24(44)2)27-19-38-35(39-20-27)43-13-15-45-28(23-43)21-37-33-31(45)16-30(40-41-33)29-6-4-5-7-32(29)46/h4-7,16,19-20,24-26,28,46H,3,8-15,17-18,21-23H2,1-2H3,(H,37,41)/t24-,25?,26?,28-,36?/m0/s1. The average Bonchev–Trinajstić information content (AvgIpc) is 3.10. The van der Waals surface area contributed by atoms with E-state index in [9.17, 15) is 9.90 Å². The van der Waals surface area contributed by atoms with Crippen molar-refractivity contribution in [2.24, 2.45) is 11.3 Å². The van der Waals surface area contributed by atoms with Crippen LogP contribution in [0.15, 0.2) is 42.7 Å². The Bertz CT molecular complexity index is 1620. The highest BCUT2D eigenvalue weighted by molar-refractivity contribution is 5.77. The van der Waals surface area contributed by atoms with E-state index < -0.39 is 0 Å². The van der Waals surface area contributed by atoms with Crippen molar-refractivity contribution in [1.82, 2.24) is 25.1 Å². The minimum Gasteiger partial charge on any atom is -0.507 e. The van der Waals surface area contributed by atoms with Crippen LogP contribution < -0.4 is 20.0 Å². The summed E-state index contributed by atoms with van der Waals surface area (Å²) in [5, 5.41) is 22.6. The molecule has 2 saturated carbocycles. The molecule has 2 saturated heterocycles. The van der Waals surface area contributed by atoms with Crippen LogP contribution in [0.5, 0.6) is 5.75 Å². The third-order valence-corrected chi connectivity index (χ3v) is 11.7. The molecule has 12 nitrogen and oxygen atoms in total. The Morgan fingerprint density at radius 1 is 1.00 bits per heavy atom. The summed E-state index contributed by atoms with van der Waals surface area (Å²) in [6.45, 7) is 11.0. The van der Waals surface area contributed by atoms with E-state index in [1.54, 1.807) is 6.07 Å². The number of hydrogen-bond donors (Lipinski definition) is 2. The Hall–Kier alpha value is -4.19. The number of benzene rings is 1. The monoisotopic (exact) mass is 653 g/mol. The van der Waals surface area contributed by atoms with Crippen LogP contribution in [-0.4, -0.2) is 107 Å². The van der Waals surface area contributed by atoms with Gasteiger partial charge in [0.15, 0.2) is 5.82 Å². The van der Waals surface area contributed by atoms with Crippen LogP contribution >= 0.6 is 0 Å². The maximum Gasteiger partial charge on any atom is 0.308 e. The number of nitrogens with zero attached hydrogens (tertiary/aromatic N) is 8. The first-order valence-corrected chi connectivity index (χ1v) is 17.8. The van der Waals surface area contributed by atoms with Crippen LogP contribution in [0.2, 0.25) is 0 Å². The number of piperazine rings is 2. The molecule has 3 aromatic rings. The van der Waals surface area contributed by atoms with Gasteiger partial charge in [0, 0.05) is 63.5 Å². The van der Waals surface area contributed by atoms with Gasteiger partial charge in [-0.25, -0.2) is 9.97 Å². The predicted octanol–water partition coefficient (Wildman–Crippen LogP) is 4.17. The SMILES string of the molecule is CCOC(=O)C1CCC2(CC1)CC(N1CCN(c3cnc(N4CCN5c6cc(-c7ccccc7O)nnc6NC[C@H]5C4)nc3)C[C@@H]1C)C2. The van der Waals surface area contributed by atoms with Crippen molar-refractivity contribution in [3.63, 3.8) is 0 Å². The number of ether oxygens (including phenoxy) is 1. The normalized spacial score (nSPS) is 28.7. The van der Waals surface area contributed by atoms with E-state index in [1.807, 2.05) is 43.6 Å². The first-order valence-electron chi connectivity index (χ1n) is 17.8. The summed E-state index contributed by atoms with van der Waals surface area (Å²) >= 11 is 0. The van der Waals surface area contributed by atoms with E-state index in [0.717, 1.165) is 81.8 Å². The fraction of sp³-hybridized carbons (Fsp3) is 0.583. The molecule has 2 atom stereocenters. The number of esters is 1. The van der Waals surface area contributed by atoms with Gasteiger partial charge < -0.3 is 29.9 Å². The zero-order valence-corrected chi connectivity index (χ0v) is 28.1. The molecule has 0 bridgehead atoms. The second-order valence-corrected chi connectivity index (χ2v) is 14.5. The zero-order valence-electron chi connectivity index (χ0n) is 28.1. The van der Waals surface area contributed by atoms with Gasteiger partial charge >= 0.3 is 5.97 Å². The van der Waals surface area contributed by atoms with Gasteiger partial charge in [-0.05, 0) is 76.0 Å². The maximum atomic E-state index is 12.2. The quantitative estimate of drug-likeness (QED) is 0.371. The number of nitrogens with one attached hydrogen (secondary N) is 1. The molecule has 4 fully saturated rings. The van der Waals surface area contributed by atoms with E-state index in [-0.39, 0.29) is 23.7 Å². The Balaban J connectivity index is 0.846. The first-order chi connectivity index (χ1) is 23.4. The lowest BCUT2D eigenvalue weighted by molar-refractivity contribution is -0.151. The second kappa shape index (κ2) is 12.7. The Kier molecular flexibility index (Phi) is 8.22. The minimum absolute atomic E-state index is 0.0110. The molecule has 8 rings (SSSR count). The molecule has 1 aromatic carbocycles. The van der Waals surface area contributed by atoms with Gasteiger partial charge in [-0.3, -0.25) is 9.69 Å². The fourth-order valence-corrected chi connectivity index (χ4v) is 8.99. The molecule has 5 aliphatic rings. The van der Waals surface area contributed by atoms with Crippen LogP contribution in [0.4, 0.5) is 23.1 Å². The molecule has 3 aliphatic heterocycles. The van der Waals surface area contributed by atoms with Crippen molar-refractivity contribution in [1.29, 1.82) is 0 Å². The smallest absolute Gasteiger partial charge is 0.308 e. The summed E-state index contributed by atoms with van der Waals surface area (Å²) in [4.78, 5) is 31.7. The Morgan fingerprint density at radius 2 is 1.77 bits per heavy atom. The number of para-hydroxylation sites is 1. The lowest BCUT2D eigenvalue weighted by Crippen LogP contribution is -2.61. The van der Waals surface area contributed by atoms with E-state index in [4.69, 9.17) is 14.7 Å². The number of anilines is 4. The lowest BCUT2D eigenvalue weighted by Gasteiger charge is -2.57. The van der Waals surface area contributed by atoms with E-state index in [2.05, 4.69) is 42.0 Å². The molecule has 12 heteroatoms. The summed E-state index contributed by atoms with van der Waals surface area (Å²) < 4.78 is 5.29. The first kappa shape index (κ1) is 31.1. The molecular weight excluding hydrogens is 606 g/mol.